The first-order chi connectivity index (χ1) is 18.9. The Morgan fingerprint density at radius 1 is 1.02 bits per heavy atom. The van der Waals surface area contributed by atoms with E-state index in [2.05, 4.69) is 4.98 Å². The second-order valence-electron chi connectivity index (χ2n) is 9.56. The maximum absolute atomic E-state index is 13.9. The van der Waals surface area contributed by atoms with Crippen LogP contribution in [0.5, 0.6) is 0 Å². The molecule has 11 heteroatoms. The summed E-state index contributed by atoms with van der Waals surface area (Å²) in [6.45, 7) is -1.33. The van der Waals surface area contributed by atoms with Crippen molar-refractivity contribution >= 4 is 34.6 Å². The molecule has 1 aliphatic rings. The topological polar surface area (TPSA) is 89.4 Å². The first-order valence-electron chi connectivity index (χ1n) is 12.2. The van der Waals surface area contributed by atoms with Crippen molar-refractivity contribution in [1.29, 1.82) is 0 Å². The Bertz CT molecular complexity index is 1600. The lowest BCUT2D eigenvalue weighted by molar-refractivity contribution is -0.136. The van der Waals surface area contributed by atoms with Crippen LogP contribution in [0.1, 0.15) is 33.7 Å². The van der Waals surface area contributed by atoms with E-state index in [1.165, 1.54) is 48.7 Å². The number of amides is 1. The number of fused-ring (bicyclic) bond motifs is 1. The van der Waals surface area contributed by atoms with Crippen molar-refractivity contribution in [1.82, 2.24) is 9.88 Å². The number of pyridine rings is 1. The number of carbonyl (C=O) groups is 2. The van der Waals surface area contributed by atoms with E-state index in [0.29, 0.717) is 16.9 Å². The van der Waals surface area contributed by atoms with Gasteiger partial charge < -0.3 is 15.1 Å². The van der Waals surface area contributed by atoms with E-state index in [4.69, 9.17) is 10.2 Å². The van der Waals surface area contributed by atoms with E-state index in [1.807, 2.05) is 0 Å². The minimum atomic E-state index is -4.71. The van der Waals surface area contributed by atoms with Gasteiger partial charge in [0.1, 0.15) is 17.2 Å². The third-order valence-electron chi connectivity index (χ3n) is 6.46. The van der Waals surface area contributed by atoms with Crippen LogP contribution < -0.4 is 5.73 Å². The Labute approximate surface area is 224 Å². The van der Waals surface area contributed by atoms with Crippen LogP contribution in [-0.2, 0) is 17.4 Å². The number of halogens is 5. The number of alkyl halides is 5. The van der Waals surface area contributed by atoms with Gasteiger partial charge in [-0.25, -0.2) is 13.8 Å². The number of hydrogen-bond donors (Lipinski definition) is 1. The molecule has 1 saturated heterocycles. The highest BCUT2D eigenvalue weighted by Crippen LogP contribution is 2.39. The smallest absolute Gasteiger partial charge is 0.420 e. The van der Waals surface area contributed by atoms with Crippen molar-refractivity contribution in [3.8, 4) is 11.1 Å². The molecule has 6 nitrogen and oxygen atoms in total. The third kappa shape index (κ3) is 5.88. The number of furan rings is 1. The molecule has 1 amide bonds. The maximum atomic E-state index is 13.9. The lowest BCUT2D eigenvalue weighted by atomic mass is 9.98. The number of ketones is 1. The zero-order valence-electron chi connectivity index (χ0n) is 20.8. The molecule has 2 aromatic carbocycles. The average molecular weight is 556 g/mol. The second kappa shape index (κ2) is 10.2. The first-order valence-corrected chi connectivity index (χ1v) is 12.2. The van der Waals surface area contributed by atoms with Gasteiger partial charge >= 0.3 is 6.18 Å². The SMILES string of the molecule is Nc1ccc(/C=C/C(=O)CCc2cc3cc(-c4ccc(C(=O)N5CC(F)(F)C5)cc4)cc(C(F)(F)F)c3o2)cn1. The van der Waals surface area contributed by atoms with Gasteiger partial charge in [-0.2, -0.15) is 13.2 Å². The molecule has 0 radical (unpaired) electrons. The molecule has 0 spiro atoms. The molecule has 2 N–H and O–H groups in total. The highest BCUT2D eigenvalue weighted by molar-refractivity contribution is 5.96. The molecule has 0 aliphatic carbocycles. The lowest BCUT2D eigenvalue weighted by Crippen LogP contribution is -2.58. The van der Waals surface area contributed by atoms with Crippen LogP contribution >= 0.6 is 0 Å². The van der Waals surface area contributed by atoms with Gasteiger partial charge in [0.15, 0.2) is 5.78 Å². The molecule has 1 aliphatic heterocycles. The Morgan fingerprint density at radius 3 is 2.38 bits per heavy atom. The van der Waals surface area contributed by atoms with Crippen LogP contribution in [0.2, 0.25) is 0 Å². The van der Waals surface area contributed by atoms with Crippen molar-refractivity contribution in [2.45, 2.75) is 24.9 Å². The number of aromatic nitrogens is 1. The van der Waals surface area contributed by atoms with Crippen molar-refractivity contribution in [2.75, 3.05) is 18.8 Å². The zero-order valence-corrected chi connectivity index (χ0v) is 20.8. The summed E-state index contributed by atoms with van der Waals surface area (Å²) in [6, 6.07) is 13.0. The number of benzene rings is 2. The number of likely N-dealkylation sites (tertiary alicyclic amines) is 1. The normalized spacial score (nSPS) is 15.0. The maximum Gasteiger partial charge on any atom is 0.420 e. The van der Waals surface area contributed by atoms with Crippen molar-refractivity contribution in [3.63, 3.8) is 0 Å². The molecular weight excluding hydrogens is 533 g/mol. The average Bonchev–Trinajstić information content (AvgIpc) is 3.31. The van der Waals surface area contributed by atoms with E-state index in [-0.39, 0.29) is 46.5 Å². The van der Waals surface area contributed by atoms with Crippen LogP contribution in [0.25, 0.3) is 28.2 Å². The molecule has 5 rings (SSSR count). The number of rotatable bonds is 7. The number of nitrogen functional groups attached to an aromatic ring is 1. The standard InChI is InChI=1S/C29H22F5N3O3/c30-28(31)15-37(16-28)27(39)19-5-3-18(4-6-19)20-11-21-12-23(40-26(21)24(13-20)29(32,33)34)9-8-22(38)7-1-17-2-10-25(35)36-14-17/h1-7,10-14H,8-9,15-16H2,(H2,35,36)/b7-1+. The van der Waals surface area contributed by atoms with E-state index >= 15 is 0 Å². The van der Waals surface area contributed by atoms with Crippen molar-refractivity contribution < 1.29 is 36.0 Å². The van der Waals surface area contributed by atoms with E-state index < -0.39 is 36.7 Å². The Morgan fingerprint density at radius 2 is 1.75 bits per heavy atom. The zero-order chi connectivity index (χ0) is 28.7. The van der Waals surface area contributed by atoms with Crippen LogP contribution in [0, 0.1) is 0 Å². The van der Waals surface area contributed by atoms with Gasteiger partial charge in [0.05, 0.1) is 18.7 Å². The summed E-state index contributed by atoms with van der Waals surface area (Å²) in [5.41, 5.74) is 5.68. The van der Waals surface area contributed by atoms with Crippen LogP contribution in [0.15, 0.2) is 71.3 Å². The number of anilines is 1. The minimum Gasteiger partial charge on any atom is -0.460 e. The van der Waals surface area contributed by atoms with Crippen molar-refractivity contribution in [2.24, 2.45) is 0 Å². The summed E-state index contributed by atoms with van der Waals surface area (Å²) in [7, 11) is 0. The molecular formula is C29H22F5N3O3. The van der Waals surface area contributed by atoms with Gasteiger partial charge in [0.2, 0.25) is 0 Å². The highest BCUT2D eigenvalue weighted by Gasteiger charge is 2.46. The molecule has 40 heavy (non-hydrogen) atoms. The van der Waals surface area contributed by atoms with Crippen molar-refractivity contribution in [3.05, 3.63) is 89.3 Å². The van der Waals surface area contributed by atoms with Gasteiger partial charge in [-0.1, -0.05) is 12.1 Å². The fraction of sp³-hybridized carbons (Fsp3) is 0.207. The van der Waals surface area contributed by atoms with Gasteiger partial charge in [0, 0.05) is 30.0 Å². The predicted molar refractivity (Wildman–Crippen MR) is 139 cm³/mol. The third-order valence-corrected chi connectivity index (χ3v) is 6.46. The van der Waals surface area contributed by atoms with Crippen LogP contribution in [0.3, 0.4) is 0 Å². The largest absolute Gasteiger partial charge is 0.460 e. The molecule has 0 saturated carbocycles. The molecule has 0 bridgehead atoms. The Balaban J connectivity index is 1.34. The number of allylic oxidation sites excluding steroid dienone is 1. The molecule has 2 aromatic heterocycles. The van der Waals surface area contributed by atoms with Crippen LogP contribution in [-0.4, -0.2) is 40.6 Å². The Hall–Kier alpha value is -4.54. The van der Waals surface area contributed by atoms with Gasteiger partial charge in [0.25, 0.3) is 11.8 Å². The Kier molecular flexibility index (Phi) is 6.91. The fourth-order valence-corrected chi connectivity index (χ4v) is 4.38. The fourth-order valence-electron chi connectivity index (χ4n) is 4.38. The van der Waals surface area contributed by atoms with E-state index in [0.717, 1.165) is 11.0 Å². The van der Waals surface area contributed by atoms with E-state index in [1.54, 1.807) is 18.2 Å². The van der Waals surface area contributed by atoms with Gasteiger partial charge in [-0.15, -0.1) is 0 Å². The van der Waals surface area contributed by atoms with E-state index in [9.17, 15) is 31.5 Å². The summed E-state index contributed by atoms with van der Waals surface area (Å²) in [4.78, 5) is 29.6. The molecule has 0 unspecified atom stereocenters. The quantitative estimate of drug-likeness (QED) is 0.211. The molecule has 0 atom stereocenters. The second-order valence-corrected chi connectivity index (χ2v) is 9.56. The predicted octanol–water partition coefficient (Wildman–Crippen LogP) is 6.40. The number of nitrogens with zero attached hydrogens (tertiary/aromatic N) is 2. The molecule has 4 aromatic rings. The molecule has 3 heterocycles. The molecule has 1 fully saturated rings. The number of nitrogens with two attached hydrogens (primary N) is 1. The molecule has 206 valence electrons. The summed E-state index contributed by atoms with van der Waals surface area (Å²) in [5, 5.41) is 0.207. The first kappa shape index (κ1) is 27.0. The number of carbonyl (C=O) groups excluding carboxylic acids is 2. The monoisotopic (exact) mass is 555 g/mol. The highest BCUT2D eigenvalue weighted by atomic mass is 19.4. The summed E-state index contributed by atoms with van der Waals surface area (Å²) >= 11 is 0. The van der Waals surface area contributed by atoms with Gasteiger partial charge in [-0.05, 0) is 71.3 Å². The summed E-state index contributed by atoms with van der Waals surface area (Å²) in [5.74, 6) is -3.15. The van der Waals surface area contributed by atoms with Crippen LogP contribution in [0.4, 0.5) is 27.8 Å². The summed E-state index contributed by atoms with van der Waals surface area (Å²) in [6.07, 6.45) is -0.167. The minimum absolute atomic E-state index is 0.0192. The number of hydrogen-bond acceptors (Lipinski definition) is 5. The summed E-state index contributed by atoms with van der Waals surface area (Å²) < 4.78 is 73.5. The number of aryl methyl sites for hydroxylation is 1. The van der Waals surface area contributed by atoms with Gasteiger partial charge in [-0.3, -0.25) is 9.59 Å². The lowest BCUT2D eigenvalue weighted by Gasteiger charge is -2.38.